The number of rotatable bonds is 5. The molecule has 132 valence electrons. The molecule has 5 heteroatoms. The smallest absolute Gasteiger partial charge is 0.262 e. The molecule has 1 aliphatic rings. The van der Waals surface area contributed by atoms with Crippen molar-refractivity contribution < 1.29 is 13.9 Å². The molecule has 1 heterocycles. The Balaban J connectivity index is 1.49. The molecule has 0 spiro atoms. The van der Waals surface area contributed by atoms with Gasteiger partial charge in [0.1, 0.15) is 11.6 Å². The second kappa shape index (κ2) is 8.01. The minimum atomic E-state index is -0.333. The Morgan fingerprint density at radius 3 is 2.40 bits per heavy atom. The van der Waals surface area contributed by atoms with Crippen molar-refractivity contribution in [1.29, 1.82) is 0 Å². The lowest BCUT2D eigenvalue weighted by Crippen LogP contribution is -2.32. The summed E-state index contributed by atoms with van der Waals surface area (Å²) in [6, 6.07) is 13.5. The highest BCUT2D eigenvalue weighted by Gasteiger charge is 2.15. The van der Waals surface area contributed by atoms with Crippen molar-refractivity contribution in [2.45, 2.75) is 19.8 Å². The Morgan fingerprint density at radius 1 is 1.12 bits per heavy atom. The first-order valence-electron chi connectivity index (χ1n) is 8.63. The minimum absolute atomic E-state index is 0.114. The number of benzene rings is 2. The van der Waals surface area contributed by atoms with E-state index in [4.69, 9.17) is 4.74 Å². The van der Waals surface area contributed by atoms with Gasteiger partial charge in [-0.1, -0.05) is 6.92 Å². The SMILES string of the molecule is CC1CCN(c2ccc(NC(=O)COc3ccc(F)cc3)cc2)CC1. The molecule has 0 aliphatic carbocycles. The molecule has 25 heavy (non-hydrogen) atoms. The quantitative estimate of drug-likeness (QED) is 0.890. The average Bonchev–Trinajstić information content (AvgIpc) is 2.63. The molecule has 1 amide bonds. The van der Waals surface area contributed by atoms with Crippen LogP contribution < -0.4 is 15.0 Å². The second-order valence-electron chi connectivity index (χ2n) is 6.51. The summed E-state index contributed by atoms with van der Waals surface area (Å²) in [6.45, 7) is 4.35. The lowest BCUT2D eigenvalue weighted by atomic mass is 9.99. The van der Waals surface area contributed by atoms with Crippen LogP contribution in [0.5, 0.6) is 5.75 Å². The van der Waals surface area contributed by atoms with E-state index in [-0.39, 0.29) is 18.3 Å². The van der Waals surface area contributed by atoms with Crippen LogP contribution in [0.15, 0.2) is 48.5 Å². The van der Waals surface area contributed by atoms with E-state index in [1.54, 1.807) is 0 Å². The molecule has 0 unspecified atom stereocenters. The molecular formula is C20H23FN2O2. The first-order chi connectivity index (χ1) is 12.1. The summed E-state index contributed by atoms with van der Waals surface area (Å²) in [5.74, 6) is 0.686. The van der Waals surface area contributed by atoms with Crippen molar-refractivity contribution in [3.05, 3.63) is 54.3 Å². The molecule has 1 aliphatic heterocycles. The Bertz CT molecular complexity index is 693. The van der Waals surface area contributed by atoms with E-state index < -0.39 is 0 Å². The lowest BCUT2D eigenvalue weighted by molar-refractivity contribution is -0.118. The summed E-state index contributed by atoms with van der Waals surface area (Å²) in [6.07, 6.45) is 2.44. The highest BCUT2D eigenvalue weighted by atomic mass is 19.1. The largest absolute Gasteiger partial charge is 0.484 e. The predicted molar refractivity (Wildman–Crippen MR) is 97.6 cm³/mol. The first-order valence-corrected chi connectivity index (χ1v) is 8.63. The molecule has 4 nitrogen and oxygen atoms in total. The van der Waals surface area contributed by atoms with Crippen LogP contribution in [-0.4, -0.2) is 25.6 Å². The van der Waals surface area contributed by atoms with E-state index in [0.717, 1.165) is 24.7 Å². The molecule has 0 bridgehead atoms. The molecule has 3 rings (SSSR count). The number of hydrogen-bond acceptors (Lipinski definition) is 3. The fourth-order valence-corrected chi connectivity index (χ4v) is 2.90. The zero-order valence-electron chi connectivity index (χ0n) is 14.4. The van der Waals surface area contributed by atoms with Crippen molar-refractivity contribution in [2.24, 2.45) is 5.92 Å². The minimum Gasteiger partial charge on any atom is -0.484 e. The van der Waals surface area contributed by atoms with Crippen LogP contribution in [0.3, 0.4) is 0 Å². The zero-order valence-corrected chi connectivity index (χ0v) is 14.4. The third-order valence-corrected chi connectivity index (χ3v) is 4.48. The molecule has 2 aromatic rings. The number of halogens is 1. The first kappa shape index (κ1) is 17.3. The van der Waals surface area contributed by atoms with E-state index >= 15 is 0 Å². The fraction of sp³-hybridized carbons (Fsp3) is 0.350. The molecular weight excluding hydrogens is 319 g/mol. The predicted octanol–water partition coefficient (Wildman–Crippen LogP) is 4.08. The summed E-state index contributed by atoms with van der Waals surface area (Å²) in [7, 11) is 0. The number of ether oxygens (including phenoxy) is 1. The Morgan fingerprint density at radius 2 is 1.76 bits per heavy atom. The molecule has 1 saturated heterocycles. The highest BCUT2D eigenvalue weighted by Crippen LogP contribution is 2.24. The number of hydrogen-bond donors (Lipinski definition) is 1. The molecule has 0 radical (unpaired) electrons. The van der Waals surface area contributed by atoms with Crippen LogP contribution in [0.2, 0.25) is 0 Å². The van der Waals surface area contributed by atoms with Crippen molar-refractivity contribution >= 4 is 17.3 Å². The topological polar surface area (TPSA) is 41.6 Å². The molecule has 2 aromatic carbocycles. The van der Waals surface area contributed by atoms with Gasteiger partial charge in [-0.25, -0.2) is 4.39 Å². The lowest BCUT2D eigenvalue weighted by Gasteiger charge is -2.32. The van der Waals surface area contributed by atoms with Crippen LogP contribution in [0.1, 0.15) is 19.8 Å². The van der Waals surface area contributed by atoms with Gasteiger partial charge in [-0.3, -0.25) is 4.79 Å². The van der Waals surface area contributed by atoms with Crippen molar-refractivity contribution in [1.82, 2.24) is 0 Å². The number of piperidine rings is 1. The van der Waals surface area contributed by atoms with E-state index in [9.17, 15) is 9.18 Å². The molecule has 0 saturated carbocycles. The van der Waals surface area contributed by atoms with Gasteiger partial charge in [0, 0.05) is 24.5 Å². The van der Waals surface area contributed by atoms with Gasteiger partial charge in [-0.05, 0) is 67.3 Å². The van der Waals surface area contributed by atoms with Gasteiger partial charge in [0.25, 0.3) is 5.91 Å². The van der Waals surface area contributed by atoms with Crippen molar-refractivity contribution in [3.63, 3.8) is 0 Å². The maximum absolute atomic E-state index is 12.8. The molecule has 1 N–H and O–H groups in total. The average molecular weight is 342 g/mol. The summed E-state index contributed by atoms with van der Waals surface area (Å²) < 4.78 is 18.2. The van der Waals surface area contributed by atoms with Crippen LogP contribution in [0.25, 0.3) is 0 Å². The summed E-state index contributed by atoms with van der Waals surface area (Å²) in [4.78, 5) is 14.3. The zero-order chi connectivity index (χ0) is 17.6. The Labute approximate surface area is 147 Å². The van der Waals surface area contributed by atoms with Gasteiger partial charge in [0.05, 0.1) is 0 Å². The van der Waals surface area contributed by atoms with Gasteiger partial charge in [-0.2, -0.15) is 0 Å². The summed E-state index contributed by atoms with van der Waals surface area (Å²) in [5.41, 5.74) is 1.93. The second-order valence-corrected chi connectivity index (χ2v) is 6.51. The number of anilines is 2. The van der Waals surface area contributed by atoms with E-state index in [0.29, 0.717) is 5.75 Å². The van der Waals surface area contributed by atoms with Gasteiger partial charge in [0.2, 0.25) is 0 Å². The Hall–Kier alpha value is -2.56. The Kier molecular flexibility index (Phi) is 5.53. The summed E-state index contributed by atoms with van der Waals surface area (Å²) >= 11 is 0. The molecule has 0 aromatic heterocycles. The third-order valence-electron chi connectivity index (χ3n) is 4.48. The fourth-order valence-electron chi connectivity index (χ4n) is 2.90. The standard InChI is InChI=1S/C20H23FN2O2/c1-15-10-12-23(13-11-15)18-6-4-17(5-7-18)22-20(24)14-25-19-8-2-16(21)3-9-19/h2-9,15H,10-14H2,1H3,(H,22,24). The normalized spacial score (nSPS) is 15.0. The molecule has 0 atom stereocenters. The van der Waals surface area contributed by atoms with Crippen LogP contribution in [0.4, 0.5) is 15.8 Å². The number of nitrogens with one attached hydrogen (secondary N) is 1. The third kappa shape index (κ3) is 4.95. The van der Waals surface area contributed by atoms with E-state index in [2.05, 4.69) is 17.1 Å². The highest BCUT2D eigenvalue weighted by molar-refractivity contribution is 5.92. The number of nitrogens with zero attached hydrogens (tertiary/aromatic N) is 1. The monoisotopic (exact) mass is 342 g/mol. The summed E-state index contributed by atoms with van der Waals surface area (Å²) in [5, 5.41) is 2.80. The van der Waals surface area contributed by atoms with Gasteiger partial charge in [-0.15, -0.1) is 0 Å². The van der Waals surface area contributed by atoms with Gasteiger partial charge >= 0.3 is 0 Å². The number of carbonyl (C=O) groups is 1. The van der Waals surface area contributed by atoms with Crippen molar-refractivity contribution in [3.8, 4) is 5.75 Å². The molecule has 1 fully saturated rings. The van der Waals surface area contributed by atoms with Crippen molar-refractivity contribution in [2.75, 3.05) is 29.9 Å². The maximum Gasteiger partial charge on any atom is 0.262 e. The van der Waals surface area contributed by atoms with Crippen LogP contribution in [0, 0.1) is 11.7 Å². The maximum atomic E-state index is 12.8. The van der Waals surface area contributed by atoms with Gasteiger partial charge in [0.15, 0.2) is 6.61 Å². The van der Waals surface area contributed by atoms with Crippen LogP contribution >= 0.6 is 0 Å². The van der Waals surface area contributed by atoms with E-state index in [1.165, 1.54) is 42.8 Å². The van der Waals surface area contributed by atoms with Gasteiger partial charge < -0.3 is 15.0 Å². The van der Waals surface area contributed by atoms with Crippen LogP contribution in [-0.2, 0) is 4.79 Å². The number of carbonyl (C=O) groups excluding carboxylic acids is 1. The number of amides is 1. The van der Waals surface area contributed by atoms with E-state index in [1.807, 2.05) is 24.3 Å².